The smallest absolute Gasteiger partial charge is 0.313 e. The quantitative estimate of drug-likeness (QED) is 0.617. The van der Waals surface area contributed by atoms with Crippen molar-refractivity contribution in [2.45, 2.75) is 38.6 Å². The molecule has 1 aromatic carbocycles. The predicted octanol–water partition coefficient (Wildman–Crippen LogP) is 2.08. The second-order valence-electron chi connectivity index (χ2n) is 4.93. The number of nitrogens with one attached hydrogen (secondary N) is 2. The van der Waals surface area contributed by atoms with Crippen LogP contribution >= 0.6 is 0 Å². The van der Waals surface area contributed by atoms with Gasteiger partial charge in [-0.15, -0.1) is 0 Å². The summed E-state index contributed by atoms with van der Waals surface area (Å²) in [6, 6.07) is 7.20. The maximum atomic E-state index is 11.6. The number of carbonyl (C=O) groups is 2. The van der Waals surface area contributed by atoms with Gasteiger partial charge < -0.3 is 15.4 Å². The molecule has 0 heterocycles. The minimum Gasteiger partial charge on any atom is -0.494 e. The molecule has 0 spiro atoms. The second-order valence-corrected chi connectivity index (χ2v) is 4.93. The Morgan fingerprint density at radius 2 is 1.90 bits per heavy atom. The molecule has 2 rings (SSSR count). The summed E-state index contributed by atoms with van der Waals surface area (Å²) in [7, 11) is 0. The molecule has 1 aromatic rings. The Morgan fingerprint density at radius 3 is 2.50 bits per heavy atom. The van der Waals surface area contributed by atoms with Gasteiger partial charge in [0.1, 0.15) is 5.75 Å². The van der Waals surface area contributed by atoms with E-state index in [2.05, 4.69) is 17.6 Å². The van der Waals surface area contributed by atoms with Gasteiger partial charge in [-0.1, -0.05) is 13.3 Å². The average Bonchev–Trinajstić information content (AvgIpc) is 3.25. The summed E-state index contributed by atoms with van der Waals surface area (Å²) >= 11 is 0. The lowest BCUT2D eigenvalue weighted by atomic mass is 10.3. The van der Waals surface area contributed by atoms with Gasteiger partial charge in [-0.2, -0.15) is 0 Å². The predicted molar refractivity (Wildman–Crippen MR) is 76.6 cm³/mol. The standard InChI is InChI=1S/C15H20N2O3/c1-2-3-10-20-13-8-6-12(7-9-13)17-15(19)14(18)16-11-4-5-11/h6-9,11H,2-5,10H2,1H3,(H,16,18)(H,17,19). The number of carbonyl (C=O) groups excluding carboxylic acids is 2. The molecule has 0 saturated heterocycles. The van der Waals surface area contributed by atoms with E-state index in [0.29, 0.717) is 12.3 Å². The molecule has 2 N–H and O–H groups in total. The number of anilines is 1. The van der Waals surface area contributed by atoms with Crippen LogP contribution in [0.4, 0.5) is 5.69 Å². The fraction of sp³-hybridized carbons (Fsp3) is 0.467. The summed E-state index contributed by atoms with van der Waals surface area (Å²) in [5.74, 6) is -0.439. The number of ether oxygens (including phenoxy) is 1. The molecule has 20 heavy (non-hydrogen) atoms. The van der Waals surface area contributed by atoms with Crippen LogP contribution in [0.5, 0.6) is 5.75 Å². The summed E-state index contributed by atoms with van der Waals surface area (Å²) in [5.41, 5.74) is 0.587. The lowest BCUT2D eigenvalue weighted by Gasteiger charge is -2.08. The first kappa shape index (κ1) is 14.4. The zero-order valence-corrected chi connectivity index (χ0v) is 11.6. The van der Waals surface area contributed by atoms with Crippen LogP contribution < -0.4 is 15.4 Å². The first-order valence-corrected chi connectivity index (χ1v) is 7.03. The van der Waals surface area contributed by atoms with Crippen LogP contribution in [0.2, 0.25) is 0 Å². The van der Waals surface area contributed by atoms with Crippen molar-refractivity contribution in [1.29, 1.82) is 0 Å². The zero-order chi connectivity index (χ0) is 14.4. The molecule has 0 unspecified atom stereocenters. The maximum Gasteiger partial charge on any atom is 0.313 e. The van der Waals surface area contributed by atoms with E-state index in [1.165, 1.54) is 0 Å². The summed E-state index contributed by atoms with van der Waals surface area (Å²) in [5, 5.41) is 5.21. The normalized spacial score (nSPS) is 13.7. The molecule has 5 nitrogen and oxygen atoms in total. The fourth-order valence-electron chi connectivity index (χ4n) is 1.64. The van der Waals surface area contributed by atoms with Crippen molar-refractivity contribution in [3.05, 3.63) is 24.3 Å². The van der Waals surface area contributed by atoms with Crippen molar-refractivity contribution in [3.8, 4) is 5.75 Å². The van der Waals surface area contributed by atoms with Crippen molar-refractivity contribution in [2.24, 2.45) is 0 Å². The molecule has 0 bridgehead atoms. The average molecular weight is 276 g/mol. The van der Waals surface area contributed by atoms with Crippen molar-refractivity contribution in [3.63, 3.8) is 0 Å². The monoisotopic (exact) mass is 276 g/mol. The van der Waals surface area contributed by atoms with Gasteiger partial charge in [0.2, 0.25) is 0 Å². The van der Waals surface area contributed by atoms with Crippen LogP contribution in [0.15, 0.2) is 24.3 Å². The SMILES string of the molecule is CCCCOc1ccc(NC(=O)C(=O)NC2CC2)cc1. The second kappa shape index (κ2) is 6.93. The van der Waals surface area contributed by atoms with Gasteiger partial charge in [0.05, 0.1) is 6.61 Å². The van der Waals surface area contributed by atoms with E-state index in [0.717, 1.165) is 31.4 Å². The molecule has 0 aliphatic heterocycles. The van der Waals surface area contributed by atoms with E-state index in [-0.39, 0.29) is 6.04 Å². The molecule has 1 saturated carbocycles. The molecule has 0 radical (unpaired) electrons. The Hall–Kier alpha value is -2.04. The van der Waals surface area contributed by atoms with Crippen LogP contribution in [0.3, 0.4) is 0 Å². The summed E-state index contributed by atoms with van der Waals surface area (Å²) in [6.07, 6.45) is 4.02. The van der Waals surface area contributed by atoms with Gasteiger partial charge in [-0.25, -0.2) is 0 Å². The number of rotatable bonds is 6. The fourth-order valence-corrected chi connectivity index (χ4v) is 1.64. The van der Waals surface area contributed by atoms with Crippen molar-refractivity contribution >= 4 is 17.5 Å². The number of hydrogen-bond acceptors (Lipinski definition) is 3. The van der Waals surface area contributed by atoms with Crippen molar-refractivity contribution < 1.29 is 14.3 Å². The van der Waals surface area contributed by atoms with E-state index in [4.69, 9.17) is 4.74 Å². The maximum absolute atomic E-state index is 11.6. The topological polar surface area (TPSA) is 67.4 Å². The lowest BCUT2D eigenvalue weighted by molar-refractivity contribution is -0.136. The highest BCUT2D eigenvalue weighted by Crippen LogP contribution is 2.19. The Labute approximate surface area is 118 Å². The van der Waals surface area contributed by atoms with E-state index >= 15 is 0 Å². The van der Waals surface area contributed by atoms with Crippen molar-refractivity contribution in [1.82, 2.24) is 5.32 Å². The molecule has 2 amide bonds. The molecule has 0 atom stereocenters. The molecule has 5 heteroatoms. The van der Waals surface area contributed by atoms with Gasteiger partial charge in [0.25, 0.3) is 0 Å². The van der Waals surface area contributed by atoms with Gasteiger partial charge in [-0.05, 0) is 43.5 Å². The number of hydrogen-bond donors (Lipinski definition) is 2. The van der Waals surface area contributed by atoms with Crippen LogP contribution in [0.1, 0.15) is 32.6 Å². The Kier molecular flexibility index (Phi) is 4.98. The minimum absolute atomic E-state index is 0.183. The Morgan fingerprint density at radius 1 is 1.20 bits per heavy atom. The molecule has 108 valence electrons. The third-order valence-corrected chi connectivity index (χ3v) is 3.00. The Bertz CT molecular complexity index is 467. The van der Waals surface area contributed by atoms with Crippen LogP contribution in [0.25, 0.3) is 0 Å². The lowest BCUT2D eigenvalue weighted by Crippen LogP contribution is -2.36. The number of amides is 2. The first-order valence-electron chi connectivity index (χ1n) is 7.03. The molecule has 1 aliphatic carbocycles. The molecular formula is C15H20N2O3. The highest BCUT2D eigenvalue weighted by molar-refractivity contribution is 6.39. The van der Waals surface area contributed by atoms with Gasteiger partial charge >= 0.3 is 11.8 Å². The largest absolute Gasteiger partial charge is 0.494 e. The first-order chi connectivity index (χ1) is 9.69. The summed E-state index contributed by atoms with van der Waals surface area (Å²) < 4.78 is 5.52. The minimum atomic E-state index is -0.628. The molecule has 0 aromatic heterocycles. The molecule has 1 fully saturated rings. The highest BCUT2D eigenvalue weighted by atomic mass is 16.5. The van der Waals surface area contributed by atoms with E-state index in [1.54, 1.807) is 24.3 Å². The van der Waals surface area contributed by atoms with Crippen LogP contribution in [0, 0.1) is 0 Å². The highest BCUT2D eigenvalue weighted by Gasteiger charge is 2.26. The van der Waals surface area contributed by atoms with Crippen LogP contribution in [-0.2, 0) is 9.59 Å². The third kappa shape index (κ3) is 4.57. The van der Waals surface area contributed by atoms with Crippen LogP contribution in [-0.4, -0.2) is 24.5 Å². The molecular weight excluding hydrogens is 256 g/mol. The van der Waals surface area contributed by atoms with E-state index in [1.807, 2.05) is 0 Å². The summed E-state index contributed by atoms with van der Waals surface area (Å²) in [6.45, 7) is 2.79. The third-order valence-electron chi connectivity index (χ3n) is 3.00. The van der Waals surface area contributed by atoms with Crippen molar-refractivity contribution in [2.75, 3.05) is 11.9 Å². The van der Waals surface area contributed by atoms with Gasteiger partial charge in [0.15, 0.2) is 0 Å². The summed E-state index contributed by atoms with van der Waals surface area (Å²) in [4.78, 5) is 23.1. The van der Waals surface area contributed by atoms with E-state index in [9.17, 15) is 9.59 Å². The number of benzene rings is 1. The molecule has 1 aliphatic rings. The van der Waals surface area contributed by atoms with Gasteiger partial charge in [-0.3, -0.25) is 9.59 Å². The van der Waals surface area contributed by atoms with E-state index < -0.39 is 11.8 Å². The zero-order valence-electron chi connectivity index (χ0n) is 11.6. The Balaban J connectivity index is 1.80. The number of unbranched alkanes of at least 4 members (excludes halogenated alkanes) is 1. The van der Waals surface area contributed by atoms with Gasteiger partial charge in [0, 0.05) is 11.7 Å².